The molecule has 0 saturated heterocycles. The van der Waals surface area contributed by atoms with Gasteiger partial charge in [0.15, 0.2) is 0 Å². The fourth-order valence-corrected chi connectivity index (χ4v) is 2.01. The summed E-state index contributed by atoms with van der Waals surface area (Å²) in [6, 6.07) is 12.8. The van der Waals surface area contributed by atoms with E-state index in [9.17, 15) is 9.90 Å². The molecule has 0 unspecified atom stereocenters. The van der Waals surface area contributed by atoms with Crippen LogP contribution in [0.4, 0.5) is 11.4 Å². The van der Waals surface area contributed by atoms with Gasteiger partial charge in [-0.2, -0.15) is 0 Å². The van der Waals surface area contributed by atoms with E-state index in [4.69, 9.17) is 11.6 Å². The van der Waals surface area contributed by atoms with Gasteiger partial charge in [-0.15, -0.1) is 0 Å². The molecule has 98 valence electrons. The molecule has 1 N–H and O–H groups in total. The molecule has 0 bridgehead atoms. The second-order valence-corrected chi connectivity index (χ2v) is 4.65. The molecule has 3 nitrogen and oxygen atoms in total. The van der Waals surface area contributed by atoms with Crippen molar-refractivity contribution in [2.45, 2.75) is 13.3 Å². The molecule has 0 saturated carbocycles. The first-order chi connectivity index (χ1) is 9.08. The van der Waals surface area contributed by atoms with E-state index >= 15 is 0 Å². The number of hydrogen-bond acceptors (Lipinski definition) is 3. The van der Waals surface area contributed by atoms with Crippen molar-refractivity contribution in [2.75, 3.05) is 5.32 Å². The minimum Gasteiger partial charge on any atom is -0.550 e. The van der Waals surface area contributed by atoms with Gasteiger partial charge in [0.05, 0.1) is 0 Å². The third-order valence-electron chi connectivity index (χ3n) is 2.89. The van der Waals surface area contributed by atoms with E-state index in [1.54, 1.807) is 12.1 Å². The number of carboxylic acids is 1. The number of anilines is 2. The monoisotopic (exact) mass is 313 g/mol. The number of nitrogens with one attached hydrogen (secondary N) is 1. The average molecular weight is 314 g/mol. The maximum absolute atomic E-state index is 10.7. The third-order valence-corrected chi connectivity index (χ3v) is 3.30. The summed E-state index contributed by atoms with van der Waals surface area (Å²) in [4.78, 5) is 10.7. The summed E-state index contributed by atoms with van der Waals surface area (Å²) in [5.74, 6) is -1.10. The van der Waals surface area contributed by atoms with Gasteiger partial charge in [0.2, 0.25) is 0 Å². The molecule has 0 amide bonds. The number of halogens is 1. The third kappa shape index (κ3) is 4.58. The molecule has 20 heavy (non-hydrogen) atoms. The Hall–Kier alpha value is -0.364. The number of para-hydroxylation sites is 1. The van der Waals surface area contributed by atoms with E-state index < -0.39 is 5.97 Å². The predicted molar refractivity (Wildman–Crippen MR) is 74.6 cm³/mol. The molecular weight excluding hydrogens is 301 g/mol. The molecule has 2 aromatic rings. The van der Waals surface area contributed by atoms with Crippen LogP contribution in [0.1, 0.15) is 11.1 Å². The minimum atomic E-state index is -1.10. The largest absolute Gasteiger partial charge is 1.00 e. The summed E-state index contributed by atoms with van der Waals surface area (Å²) < 4.78 is 0. The molecule has 0 heterocycles. The molecule has 0 aliphatic heterocycles. The molecule has 0 aliphatic carbocycles. The van der Waals surface area contributed by atoms with Crippen LogP contribution in [0.15, 0.2) is 42.5 Å². The van der Waals surface area contributed by atoms with Crippen molar-refractivity contribution in [3.05, 3.63) is 58.6 Å². The van der Waals surface area contributed by atoms with Crippen LogP contribution in [0.25, 0.3) is 0 Å². The van der Waals surface area contributed by atoms with Gasteiger partial charge >= 0.3 is 51.4 Å². The quantitative estimate of drug-likeness (QED) is 0.788. The molecule has 0 atom stereocenters. The van der Waals surface area contributed by atoms with Gasteiger partial charge in [0.25, 0.3) is 0 Å². The first-order valence-corrected chi connectivity index (χ1v) is 6.25. The maximum atomic E-state index is 10.7. The van der Waals surface area contributed by atoms with Crippen LogP contribution in [0.2, 0.25) is 5.02 Å². The molecule has 0 spiro atoms. The van der Waals surface area contributed by atoms with Crippen molar-refractivity contribution in [2.24, 2.45) is 0 Å². The molecule has 0 aromatic heterocycles. The van der Waals surface area contributed by atoms with Gasteiger partial charge in [-0.3, -0.25) is 0 Å². The van der Waals surface area contributed by atoms with Gasteiger partial charge in [0, 0.05) is 28.8 Å². The molecule has 0 aliphatic rings. The van der Waals surface area contributed by atoms with E-state index in [2.05, 4.69) is 5.32 Å². The topological polar surface area (TPSA) is 52.2 Å². The fourth-order valence-electron chi connectivity index (χ4n) is 1.84. The molecule has 0 fully saturated rings. The van der Waals surface area contributed by atoms with Crippen LogP contribution in [-0.4, -0.2) is 5.97 Å². The number of carbonyl (C=O) groups is 1. The van der Waals surface area contributed by atoms with Crippen LogP contribution >= 0.6 is 11.6 Å². The number of hydrogen-bond donors (Lipinski definition) is 1. The van der Waals surface area contributed by atoms with E-state index in [1.807, 2.05) is 37.3 Å². The van der Waals surface area contributed by atoms with Crippen molar-refractivity contribution in [3.63, 3.8) is 0 Å². The zero-order valence-corrected chi connectivity index (χ0v) is 15.3. The molecular formula is C15H13ClKNO2. The number of carbonyl (C=O) groups excluding carboxylic acids is 1. The minimum absolute atomic E-state index is 0. The van der Waals surface area contributed by atoms with E-state index in [0.717, 1.165) is 16.9 Å². The van der Waals surface area contributed by atoms with E-state index in [0.29, 0.717) is 10.6 Å². The zero-order valence-electron chi connectivity index (χ0n) is 11.4. The summed E-state index contributed by atoms with van der Waals surface area (Å²) in [6.45, 7) is 1.91. The zero-order chi connectivity index (χ0) is 13.8. The van der Waals surface area contributed by atoms with Crippen molar-refractivity contribution in [1.29, 1.82) is 0 Å². The van der Waals surface area contributed by atoms with Crippen molar-refractivity contribution in [3.8, 4) is 0 Å². The summed E-state index contributed by atoms with van der Waals surface area (Å²) in [6.07, 6.45) is -0.122. The van der Waals surface area contributed by atoms with Gasteiger partial charge in [-0.25, -0.2) is 0 Å². The van der Waals surface area contributed by atoms with Gasteiger partial charge in [-0.05, 0) is 36.2 Å². The molecule has 2 aromatic carbocycles. The first kappa shape index (κ1) is 17.7. The average Bonchev–Trinajstić information content (AvgIpc) is 2.36. The fraction of sp³-hybridized carbons (Fsp3) is 0.133. The van der Waals surface area contributed by atoms with Crippen molar-refractivity contribution < 1.29 is 61.3 Å². The normalized spacial score (nSPS) is 9.70. The van der Waals surface area contributed by atoms with E-state index in [-0.39, 0.29) is 57.8 Å². The Kier molecular flexibility index (Phi) is 7.23. The van der Waals surface area contributed by atoms with Gasteiger partial charge in [-0.1, -0.05) is 35.9 Å². The van der Waals surface area contributed by atoms with Crippen molar-refractivity contribution >= 4 is 28.9 Å². The van der Waals surface area contributed by atoms with Crippen LogP contribution in [0.5, 0.6) is 0 Å². The SMILES string of the molecule is Cc1c(Cl)cccc1Nc1ccccc1CC(=O)[O-].[K+]. The number of benzene rings is 2. The van der Waals surface area contributed by atoms with Gasteiger partial charge < -0.3 is 15.2 Å². The Labute approximate surface area is 165 Å². The number of rotatable bonds is 4. The van der Waals surface area contributed by atoms with Crippen LogP contribution in [-0.2, 0) is 11.2 Å². The molecule has 5 heteroatoms. The first-order valence-electron chi connectivity index (χ1n) is 5.88. The Morgan fingerprint density at radius 3 is 2.50 bits per heavy atom. The van der Waals surface area contributed by atoms with Crippen molar-refractivity contribution in [1.82, 2.24) is 0 Å². The van der Waals surface area contributed by atoms with Crippen LogP contribution in [0, 0.1) is 6.92 Å². The number of aliphatic carboxylic acids is 1. The Morgan fingerprint density at radius 2 is 1.80 bits per heavy atom. The summed E-state index contributed by atoms with van der Waals surface area (Å²) in [5, 5.41) is 14.6. The second kappa shape index (κ2) is 8.17. The van der Waals surface area contributed by atoms with Crippen LogP contribution < -0.4 is 61.8 Å². The summed E-state index contributed by atoms with van der Waals surface area (Å²) in [7, 11) is 0. The Bertz CT molecular complexity index is 617. The van der Waals surface area contributed by atoms with Crippen LogP contribution in [0.3, 0.4) is 0 Å². The second-order valence-electron chi connectivity index (χ2n) is 4.24. The molecule has 2 rings (SSSR count). The molecule has 0 radical (unpaired) electrons. The van der Waals surface area contributed by atoms with E-state index in [1.165, 1.54) is 0 Å². The predicted octanol–water partition coefficient (Wildman–Crippen LogP) is -0.312. The standard InChI is InChI=1S/C15H14ClNO2.K/c1-10-12(16)6-4-8-13(10)17-14-7-3-2-5-11(14)9-15(18)19;/h2-8,17H,9H2,1H3,(H,18,19);/q;+1/p-1. The summed E-state index contributed by atoms with van der Waals surface area (Å²) >= 11 is 6.06. The summed E-state index contributed by atoms with van der Waals surface area (Å²) in [5.41, 5.74) is 3.21. The Balaban J connectivity index is 0.00000200. The maximum Gasteiger partial charge on any atom is 1.00 e. The van der Waals surface area contributed by atoms with Gasteiger partial charge in [0.1, 0.15) is 0 Å². The Morgan fingerprint density at radius 1 is 1.15 bits per heavy atom. The smallest absolute Gasteiger partial charge is 0.550 e. The number of carboxylic acid groups (broad SMARTS) is 1.